The zero-order chi connectivity index (χ0) is 35.5. The summed E-state index contributed by atoms with van der Waals surface area (Å²) < 4.78 is 18.0. The van der Waals surface area contributed by atoms with Crippen molar-refractivity contribution in [3.05, 3.63) is 77.9 Å². The number of amides is 3. The average Bonchev–Trinajstić information content (AvgIpc) is 3.14. The number of rotatable bonds is 14. The monoisotopic (exact) mass is 757 g/mol. The molecule has 3 aromatic carbocycles. The predicted molar refractivity (Wildman–Crippen MR) is 210 cm³/mol. The molecule has 2 saturated heterocycles. The summed E-state index contributed by atoms with van der Waals surface area (Å²) in [6.07, 6.45) is 3.96. The van der Waals surface area contributed by atoms with E-state index in [1.165, 1.54) is 7.11 Å². The first kappa shape index (κ1) is 42.4. The van der Waals surface area contributed by atoms with Crippen LogP contribution in [-0.4, -0.2) is 101 Å². The Morgan fingerprint density at radius 1 is 0.904 bits per heavy atom. The van der Waals surface area contributed by atoms with Crippen LogP contribution in [0.1, 0.15) is 59.7 Å². The molecule has 1 unspecified atom stereocenters. The molecular weight excluding hydrogens is 705 g/mol. The van der Waals surface area contributed by atoms with Crippen LogP contribution in [0.3, 0.4) is 0 Å². The molecule has 3 aromatic rings. The lowest BCUT2D eigenvalue weighted by atomic mass is 10.0. The zero-order valence-corrected chi connectivity index (χ0v) is 32.2. The topological polar surface area (TPSA) is 113 Å². The first-order chi connectivity index (χ1) is 24.2. The summed E-state index contributed by atoms with van der Waals surface area (Å²) in [5.74, 6) is 1.46. The molecule has 3 amide bonds. The van der Waals surface area contributed by atoms with Crippen LogP contribution in [0.15, 0.2) is 66.7 Å². The summed E-state index contributed by atoms with van der Waals surface area (Å²) in [5, 5.41) is 6.26. The van der Waals surface area contributed by atoms with E-state index in [1.807, 2.05) is 41.3 Å². The van der Waals surface area contributed by atoms with Gasteiger partial charge in [-0.1, -0.05) is 31.2 Å². The number of carbonyl (C=O) groups excluding carboxylic acids is 3. The van der Waals surface area contributed by atoms with Crippen LogP contribution in [0.25, 0.3) is 0 Å². The van der Waals surface area contributed by atoms with E-state index >= 15 is 0 Å². The first-order valence-corrected chi connectivity index (χ1v) is 17.7. The maximum Gasteiger partial charge on any atom is 0.259 e. The van der Waals surface area contributed by atoms with Crippen molar-refractivity contribution in [2.24, 2.45) is 5.92 Å². The molecule has 0 radical (unpaired) electrons. The van der Waals surface area contributed by atoms with Gasteiger partial charge in [0, 0.05) is 45.2 Å². The van der Waals surface area contributed by atoms with Gasteiger partial charge in [0.1, 0.15) is 23.4 Å². The van der Waals surface area contributed by atoms with Gasteiger partial charge in [0.05, 0.1) is 30.7 Å². The average molecular weight is 759 g/mol. The Balaban J connectivity index is 0.00000364. The van der Waals surface area contributed by atoms with Gasteiger partial charge in [0.25, 0.3) is 11.8 Å². The second-order valence-electron chi connectivity index (χ2n) is 13.2. The van der Waals surface area contributed by atoms with E-state index in [0.29, 0.717) is 58.7 Å². The Morgan fingerprint density at radius 2 is 1.58 bits per heavy atom. The number of halogens is 2. The van der Waals surface area contributed by atoms with Gasteiger partial charge in [0.2, 0.25) is 5.91 Å². The molecule has 2 fully saturated rings. The highest BCUT2D eigenvalue weighted by Gasteiger charge is 2.23. The van der Waals surface area contributed by atoms with Crippen molar-refractivity contribution in [1.82, 2.24) is 15.1 Å². The lowest BCUT2D eigenvalue weighted by Crippen LogP contribution is -2.47. The minimum Gasteiger partial charge on any atom is -0.495 e. The van der Waals surface area contributed by atoms with Gasteiger partial charge in [-0.2, -0.15) is 0 Å². The highest BCUT2D eigenvalue weighted by atomic mass is 35.5. The third-order valence-corrected chi connectivity index (χ3v) is 9.51. The number of ether oxygens (including phenoxy) is 3. The number of methoxy groups -OCH3 is 1. The summed E-state index contributed by atoms with van der Waals surface area (Å²) in [6, 6.07) is 19.6. The summed E-state index contributed by atoms with van der Waals surface area (Å²) in [4.78, 5) is 45.5. The summed E-state index contributed by atoms with van der Waals surface area (Å²) in [5.41, 5.74) is 1.90. The van der Waals surface area contributed by atoms with Crippen molar-refractivity contribution in [3.63, 3.8) is 0 Å². The second-order valence-corrected chi connectivity index (χ2v) is 13.2. The quantitative estimate of drug-likeness (QED) is 0.201. The normalized spacial score (nSPS) is 15.3. The van der Waals surface area contributed by atoms with Crippen LogP contribution in [0, 0.1) is 5.92 Å². The Hall–Kier alpha value is -4.03. The highest BCUT2D eigenvalue weighted by molar-refractivity contribution is 6.09. The number of hydrogen-bond donors (Lipinski definition) is 2. The van der Waals surface area contributed by atoms with Crippen molar-refractivity contribution in [2.45, 2.75) is 45.1 Å². The van der Waals surface area contributed by atoms with Crippen molar-refractivity contribution in [2.75, 3.05) is 77.3 Å². The van der Waals surface area contributed by atoms with Crippen molar-refractivity contribution >= 4 is 53.9 Å². The summed E-state index contributed by atoms with van der Waals surface area (Å²) in [7, 11) is 5.30. The summed E-state index contributed by atoms with van der Waals surface area (Å²) >= 11 is 0. The molecule has 1 atom stereocenters. The molecule has 52 heavy (non-hydrogen) atoms. The number of nitrogens with one attached hydrogen (secondary N) is 2. The number of anilines is 2. The van der Waals surface area contributed by atoms with E-state index in [-0.39, 0.29) is 48.6 Å². The van der Waals surface area contributed by atoms with Crippen LogP contribution in [-0.2, 0) is 4.79 Å². The second kappa shape index (κ2) is 20.9. The van der Waals surface area contributed by atoms with Gasteiger partial charge in [-0.15, -0.1) is 24.8 Å². The lowest BCUT2D eigenvalue weighted by Gasteiger charge is -2.32. The van der Waals surface area contributed by atoms with E-state index in [0.717, 1.165) is 65.0 Å². The van der Waals surface area contributed by atoms with E-state index in [1.54, 1.807) is 42.3 Å². The highest BCUT2D eigenvalue weighted by Crippen LogP contribution is 2.32. The molecule has 0 spiro atoms. The molecule has 0 aliphatic carbocycles. The minimum atomic E-state index is -0.328. The fourth-order valence-corrected chi connectivity index (χ4v) is 6.22. The molecule has 0 aromatic heterocycles. The third kappa shape index (κ3) is 11.5. The largest absolute Gasteiger partial charge is 0.495 e. The maximum atomic E-state index is 13.7. The number of nitrogens with zero attached hydrogens (tertiary/aromatic N) is 3. The number of benzene rings is 3. The van der Waals surface area contributed by atoms with E-state index < -0.39 is 0 Å². The smallest absolute Gasteiger partial charge is 0.259 e. The van der Waals surface area contributed by atoms with E-state index in [9.17, 15) is 14.4 Å². The van der Waals surface area contributed by atoms with Gasteiger partial charge >= 0.3 is 0 Å². The molecule has 2 N–H and O–H groups in total. The number of piperazine rings is 1. The molecule has 11 nitrogen and oxygen atoms in total. The number of hydrogen-bond acceptors (Lipinski definition) is 8. The van der Waals surface area contributed by atoms with Gasteiger partial charge < -0.3 is 39.5 Å². The number of piperidine rings is 1. The minimum absolute atomic E-state index is 0. The number of para-hydroxylation sites is 3. The summed E-state index contributed by atoms with van der Waals surface area (Å²) in [6.45, 7) is 7.83. The first-order valence-electron chi connectivity index (χ1n) is 17.7. The Morgan fingerprint density at radius 3 is 2.29 bits per heavy atom. The Bertz CT molecular complexity index is 1610. The molecule has 5 rings (SSSR count). The zero-order valence-electron chi connectivity index (χ0n) is 30.6. The van der Waals surface area contributed by atoms with Crippen LogP contribution < -0.4 is 29.7 Å². The van der Waals surface area contributed by atoms with Crippen molar-refractivity contribution < 1.29 is 28.6 Å². The fourth-order valence-electron chi connectivity index (χ4n) is 6.22. The molecule has 2 heterocycles. The predicted octanol–water partition coefficient (Wildman–Crippen LogP) is 6.16. The molecular formula is C39H53Cl2N5O6. The molecule has 284 valence electrons. The van der Waals surface area contributed by atoms with Gasteiger partial charge in [-0.25, -0.2) is 0 Å². The Labute approximate surface area is 320 Å². The van der Waals surface area contributed by atoms with Crippen LogP contribution in [0.4, 0.5) is 11.4 Å². The third-order valence-electron chi connectivity index (χ3n) is 9.51. The van der Waals surface area contributed by atoms with E-state index in [4.69, 9.17) is 14.2 Å². The number of likely N-dealkylation sites (N-methyl/N-ethyl adjacent to an activating group) is 1. The molecule has 0 saturated carbocycles. The molecule has 13 heteroatoms. The standard InChI is InChI=1S/C39H51N5O6.2ClH/c1-28(13-16-37(45)44-24-22-42(2)23-25-44)19-26-49-35-12-8-6-10-33(35)43(3)39(47)29-14-15-32(36(27-29)48-4)41-38(46)31-9-5-7-11-34(31)50-30-17-20-40-21-18-30;;/h5-12,14-15,27-28,30,40H,13,16-26H2,1-4H3,(H,41,46);2*1H. The lowest BCUT2D eigenvalue weighted by molar-refractivity contribution is -0.133. The van der Waals surface area contributed by atoms with Crippen LogP contribution in [0.5, 0.6) is 17.2 Å². The van der Waals surface area contributed by atoms with Crippen molar-refractivity contribution in [3.8, 4) is 17.2 Å². The Kier molecular flexibility index (Phi) is 17.0. The molecule has 2 aliphatic rings. The van der Waals surface area contributed by atoms with Gasteiger partial charge in [0.15, 0.2) is 0 Å². The van der Waals surface area contributed by atoms with Crippen LogP contribution in [0.2, 0.25) is 0 Å². The van der Waals surface area contributed by atoms with Gasteiger partial charge in [-0.3, -0.25) is 14.4 Å². The molecule has 0 bridgehead atoms. The van der Waals surface area contributed by atoms with Crippen LogP contribution >= 0.6 is 24.8 Å². The molecule has 2 aliphatic heterocycles. The SMILES string of the molecule is COc1cc(C(=O)N(C)c2ccccc2OCCC(C)CCC(=O)N2CCN(C)CC2)ccc1NC(=O)c1ccccc1OC1CCNCC1.Cl.Cl. The van der Waals surface area contributed by atoms with Gasteiger partial charge in [-0.05, 0) is 94.2 Å². The maximum absolute atomic E-state index is 13.7. The van der Waals surface area contributed by atoms with E-state index in [2.05, 4.69) is 29.5 Å². The number of carbonyl (C=O) groups is 3. The van der Waals surface area contributed by atoms with Crippen molar-refractivity contribution in [1.29, 1.82) is 0 Å². The fraction of sp³-hybridized carbons (Fsp3) is 0.462.